The van der Waals surface area contributed by atoms with Crippen LogP contribution in [0.4, 0.5) is 0 Å². The molecular formula is C10H16N6O2. The van der Waals surface area contributed by atoms with Crippen molar-refractivity contribution in [2.24, 2.45) is 10.9 Å². The highest BCUT2D eigenvalue weighted by Gasteiger charge is 2.23. The van der Waals surface area contributed by atoms with E-state index in [0.29, 0.717) is 5.69 Å². The molecule has 18 heavy (non-hydrogen) atoms. The van der Waals surface area contributed by atoms with E-state index in [1.54, 1.807) is 17.8 Å². The molecule has 0 atom stereocenters. The minimum atomic E-state index is -0.0533. The second-order valence-electron chi connectivity index (χ2n) is 4.31. The molecule has 2 rings (SSSR count). The molecule has 0 unspecified atom stereocenters. The maximum absolute atomic E-state index is 11.2. The van der Waals surface area contributed by atoms with Gasteiger partial charge in [0.1, 0.15) is 0 Å². The molecule has 1 aromatic rings. The van der Waals surface area contributed by atoms with E-state index < -0.39 is 0 Å². The monoisotopic (exact) mass is 252 g/mol. The van der Waals surface area contributed by atoms with Crippen LogP contribution in [0.3, 0.4) is 0 Å². The summed E-state index contributed by atoms with van der Waals surface area (Å²) in [6.07, 6.45) is 3.32. The van der Waals surface area contributed by atoms with E-state index in [9.17, 15) is 4.79 Å². The number of likely N-dealkylation sites (tertiary alicyclic amines) is 1. The molecule has 0 spiro atoms. The van der Waals surface area contributed by atoms with E-state index in [0.717, 1.165) is 25.9 Å². The van der Waals surface area contributed by atoms with Crippen LogP contribution in [0.15, 0.2) is 11.4 Å². The summed E-state index contributed by atoms with van der Waals surface area (Å²) in [6, 6.07) is 0.202. The molecule has 98 valence electrons. The lowest BCUT2D eigenvalue weighted by Crippen LogP contribution is -2.37. The van der Waals surface area contributed by atoms with Crippen LogP contribution in [-0.4, -0.2) is 49.9 Å². The van der Waals surface area contributed by atoms with Crippen LogP contribution < -0.4 is 5.73 Å². The third kappa shape index (κ3) is 2.41. The summed E-state index contributed by atoms with van der Waals surface area (Å²) in [4.78, 5) is 13.0. The first-order valence-electron chi connectivity index (χ1n) is 5.77. The predicted octanol–water partition coefficient (Wildman–Crippen LogP) is -0.444. The highest BCUT2D eigenvalue weighted by Crippen LogP contribution is 2.21. The van der Waals surface area contributed by atoms with Crippen LogP contribution in [-0.2, 0) is 4.79 Å². The van der Waals surface area contributed by atoms with Crippen LogP contribution in [0.5, 0.6) is 0 Å². The number of oxime groups is 1. The summed E-state index contributed by atoms with van der Waals surface area (Å²) >= 11 is 0. The summed E-state index contributed by atoms with van der Waals surface area (Å²) in [7, 11) is 0. The molecule has 0 radical (unpaired) electrons. The molecule has 2 heterocycles. The van der Waals surface area contributed by atoms with Crippen LogP contribution in [0.2, 0.25) is 0 Å². The van der Waals surface area contributed by atoms with Gasteiger partial charge < -0.3 is 15.8 Å². The average Bonchev–Trinajstić information content (AvgIpc) is 2.87. The van der Waals surface area contributed by atoms with Crippen LogP contribution >= 0.6 is 0 Å². The quantitative estimate of drug-likeness (QED) is 0.321. The fourth-order valence-electron chi connectivity index (χ4n) is 2.07. The van der Waals surface area contributed by atoms with Crippen molar-refractivity contribution in [1.29, 1.82) is 0 Å². The van der Waals surface area contributed by atoms with E-state index in [2.05, 4.69) is 15.5 Å². The first-order chi connectivity index (χ1) is 8.61. The SMILES string of the molecule is CC(=O)N1CCC(n2cc(/C(N)=N/O)nn2)CC1. The second-order valence-corrected chi connectivity index (χ2v) is 4.31. The molecule has 3 N–H and O–H groups in total. The Hall–Kier alpha value is -2.12. The van der Waals surface area contributed by atoms with Gasteiger partial charge in [0.25, 0.3) is 0 Å². The standard InChI is InChI=1S/C10H16N6O2/c1-7(17)15-4-2-8(3-5-15)16-6-9(12-14-16)10(11)13-18/h6,8,18H,2-5H2,1H3,(H2,11,13). The number of amides is 1. The summed E-state index contributed by atoms with van der Waals surface area (Å²) < 4.78 is 1.71. The zero-order valence-electron chi connectivity index (χ0n) is 10.2. The number of carbonyl (C=O) groups is 1. The van der Waals surface area contributed by atoms with E-state index in [-0.39, 0.29) is 17.8 Å². The molecule has 1 saturated heterocycles. The number of hydrogen-bond donors (Lipinski definition) is 2. The third-order valence-corrected chi connectivity index (χ3v) is 3.16. The summed E-state index contributed by atoms with van der Waals surface area (Å²) in [5, 5.41) is 19.2. The van der Waals surface area contributed by atoms with Crippen molar-refractivity contribution < 1.29 is 10.0 Å². The van der Waals surface area contributed by atoms with Gasteiger partial charge in [-0.15, -0.1) is 5.10 Å². The molecule has 0 aliphatic carbocycles. The van der Waals surface area contributed by atoms with E-state index in [1.807, 2.05) is 4.90 Å². The Labute approximate surface area is 104 Å². The predicted molar refractivity (Wildman–Crippen MR) is 63.1 cm³/mol. The van der Waals surface area contributed by atoms with E-state index in [4.69, 9.17) is 10.9 Å². The normalized spacial score (nSPS) is 18.1. The van der Waals surface area contributed by atoms with Crippen molar-refractivity contribution in [3.63, 3.8) is 0 Å². The summed E-state index contributed by atoms with van der Waals surface area (Å²) in [5.41, 5.74) is 5.78. The maximum Gasteiger partial charge on any atom is 0.219 e. The van der Waals surface area contributed by atoms with Gasteiger partial charge in [0, 0.05) is 20.0 Å². The van der Waals surface area contributed by atoms with E-state index >= 15 is 0 Å². The van der Waals surface area contributed by atoms with Gasteiger partial charge >= 0.3 is 0 Å². The van der Waals surface area contributed by atoms with Gasteiger partial charge in [0.05, 0.1) is 12.2 Å². The molecule has 1 aromatic heterocycles. The molecule has 1 amide bonds. The molecule has 1 aliphatic heterocycles. The number of carbonyl (C=O) groups excluding carboxylic acids is 1. The fraction of sp³-hybridized carbons (Fsp3) is 0.600. The second kappa shape index (κ2) is 5.03. The minimum absolute atomic E-state index is 0.0533. The fourth-order valence-corrected chi connectivity index (χ4v) is 2.07. The Morgan fingerprint density at radius 1 is 1.56 bits per heavy atom. The Morgan fingerprint density at radius 2 is 2.22 bits per heavy atom. The molecule has 0 bridgehead atoms. The number of amidine groups is 1. The molecule has 1 fully saturated rings. The average molecular weight is 252 g/mol. The lowest BCUT2D eigenvalue weighted by molar-refractivity contribution is -0.130. The van der Waals surface area contributed by atoms with E-state index in [1.165, 1.54) is 0 Å². The Balaban J connectivity index is 2.02. The largest absolute Gasteiger partial charge is 0.409 e. The molecule has 0 aromatic carbocycles. The van der Waals surface area contributed by atoms with Crippen LogP contribution in [0.1, 0.15) is 31.5 Å². The van der Waals surface area contributed by atoms with Crippen molar-refractivity contribution in [2.75, 3.05) is 13.1 Å². The third-order valence-electron chi connectivity index (χ3n) is 3.16. The van der Waals surface area contributed by atoms with Crippen molar-refractivity contribution in [2.45, 2.75) is 25.8 Å². The van der Waals surface area contributed by atoms with Crippen molar-refractivity contribution in [3.05, 3.63) is 11.9 Å². The lowest BCUT2D eigenvalue weighted by Gasteiger charge is -2.30. The highest BCUT2D eigenvalue weighted by molar-refractivity contribution is 5.94. The number of piperidine rings is 1. The summed E-state index contributed by atoms with van der Waals surface area (Å²) in [6.45, 7) is 3.02. The summed E-state index contributed by atoms with van der Waals surface area (Å²) in [5.74, 6) is 0.0480. The number of hydrogen-bond acceptors (Lipinski definition) is 5. The van der Waals surface area contributed by atoms with Gasteiger partial charge in [-0.05, 0) is 12.8 Å². The van der Waals surface area contributed by atoms with Gasteiger partial charge in [-0.2, -0.15) is 0 Å². The zero-order chi connectivity index (χ0) is 13.1. The van der Waals surface area contributed by atoms with Crippen LogP contribution in [0, 0.1) is 0 Å². The van der Waals surface area contributed by atoms with Gasteiger partial charge in [-0.25, -0.2) is 4.68 Å². The van der Waals surface area contributed by atoms with Crippen molar-refractivity contribution in [1.82, 2.24) is 19.9 Å². The first kappa shape index (κ1) is 12.3. The number of nitrogens with two attached hydrogens (primary N) is 1. The van der Waals surface area contributed by atoms with Crippen molar-refractivity contribution in [3.8, 4) is 0 Å². The number of aromatic nitrogens is 3. The van der Waals surface area contributed by atoms with Gasteiger partial charge in [0.15, 0.2) is 11.5 Å². The lowest BCUT2D eigenvalue weighted by atomic mass is 10.1. The molecular weight excluding hydrogens is 236 g/mol. The minimum Gasteiger partial charge on any atom is -0.409 e. The number of rotatable bonds is 2. The molecule has 8 nitrogen and oxygen atoms in total. The zero-order valence-corrected chi connectivity index (χ0v) is 10.2. The van der Waals surface area contributed by atoms with Crippen molar-refractivity contribution >= 4 is 11.7 Å². The van der Waals surface area contributed by atoms with Gasteiger partial charge in [0.2, 0.25) is 5.91 Å². The smallest absolute Gasteiger partial charge is 0.219 e. The Bertz CT molecular complexity index is 461. The molecule has 1 aliphatic rings. The topological polar surface area (TPSA) is 110 Å². The highest BCUT2D eigenvalue weighted by atomic mass is 16.4. The molecule has 0 saturated carbocycles. The van der Waals surface area contributed by atoms with Crippen LogP contribution in [0.25, 0.3) is 0 Å². The van der Waals surface area contributed by atoms with Gasteiger partial charge in [-0.3, -0.25) is 4.79 Å². The number of nitrogens with zero attached hydrogens (tertiary/aromatic N) is 5. The van der Waals surface area contributed by atoms with Gasteiger partial charge in [-0.1, -0.05) is 10.4 Å². The maximum atomic E-state index is 11.2. The first-order valence-corrected chi connectivity index (χ1v) is 5.77. The Kier molecular flexibility index (Phi) is 3.45. The molecule has 8 heteroatoms. The Morgan fingerprint density at radius 3 is 2.78 bits per heavy atom.